The van der Waals surface area contributed by atoms with Crippen LogP contribution in [0.4, 0.5) is 0 Å². The van der Waals surface area contributed by atoms with Crippen LogP contribution in [0.3, 0.4) is 0 Å². The summed E-state index contributed by atoms with van der Waals surface area (Å²) in [6.07, 6.45) is 1.12. The van der Waals surface area contributed by atoms with Crippen LogP contribution in [0.5, 0.6) is 5.75 Å². The number of benzene rings is 2. The molecule has 0 amide bonds. The van der Waals surface area contributed by atoms with E-state index in [-0.39, 0.29) is 0 Å². The average Bonchev–Trinajstić information content (AvgIpc) is 2.50. The molecule has 0 aromatic heterocycles. The molecule has 0 saturated heterocycles. The third-order valence-corrected chi connectivity index (χ3v) is 3.53. The van der Waals surface area contributed by atoms with Gasteiger partial charge in [0, 0.05) is 17.1 Å². The van der Waals surface area contributed by atoms with Gasteiger partial charge >= 0.3 is 0 Å². The Morgan fingerprint density at radius 1 is 1.05 bits per heavy atom. The predicted molar refractivity (Wildman–Crippen MR) is 90.1 cm³/mol. The van der Waals surface area contributed by atoms with E-state index in [9.17, 15) is 0 Å². The lowest BCUT2D eigenvalue weighted by atomic mass is 9.98. The van der Waals surface area contributed by atoms with Crippen molar-refractivity contribution in [2.45, 2.75) is 26.8 Å². The Morgan fingerprint density at radius 2 is 1.86 bits per heavy atom. The van der Waals surface area contributed by atoms with Crippen LogP contribution in [0.2, 0.25) is 5.02 Å². The molecule has 2 aromatic rings. The molecule has 0 fully saturated rings. The molecule has 0 heterocycles. The molecule has 0 saturated carbocycles. The molecule has 2 nitrogen and oxygen atoms in total. The number of rotatable bonds is 7. The molecule has 112 valence electrons. The monoisotopic (exact) mass is 303 g/mol. The van der Waals surface area contributed by atoms with Gasteiger partial charge < -0.3 is 10.1 Å². The zero-order valence-corrected chi connectivity index (χ0v) is 13.4. The zero-order valence-electron chi connectivity index (χ0n) is 12.7. The molecule has 0 bridgehead atoms. The summed E-state index contributed by atoms with van der Waals surface area (Å²) in [5.41, 5.74) is 3.46. The number of hydrogen-bond donors (Lipinski definition) is 1. The van der Waals surface area contributed by atoms with Gasteiger partial charge in [-0.2, -0.15) is 0 Å². The summed E-state index contributed by atoms with van der Waals surface area (Å²) in [5.74, 6) is 0.902. The molecule has 0 radical (unpaired) electrons. The Morgan fingerprint density at radius 3 is 2.62 bits per heavy atom. The van der Waals surface area contributed by atoms with Gasteiger partial charge in [-0.05, 0) is 49.2 Å². The van der Waals surface area contributed by atoms with Crippen molar-refractivity contribution >= 4 is 11.6 Å². The fourth-order valence-corrected chi connectivity index (χ4v) is 2.50. The van der Waals surface area contributed by atoms with Crippen LogP contribution in [-0.2, 0) is 6.54 Å². The predicted octanol–water partition coefficient (Wildman–Crippen LogP) is 4.91. The molecule has 0 spiro atoms. The maximum atomic E-state index is 6.20. The van der Waals surface area contributed by atoms with Crippen molar-refractivity contribution in [1.29, 1.82) is 0 Å². The first kappa shape index (κ1) is 15.9. The maximum Gasteiger partial charge on any atom is 0.127 e. The van der Waals surface area contributed by atoms with Crippen LogP contribution in [0.25, 0.3) is 11.1 Å². The molecule has 0 aliphatic heterocycles. The van der Waals surface area contributed by atoms with Crippen molar-refractivity contribution in [1.82, 2.24) is 5.32 Å². The summed E-state index contributed by atoms with van der Waals surface area (Å²) in [6, 6.07) is 14.2. The van der Waals surface area contributed by atoms with Crippen LogP contribution in [0.15, 0.2) is 42.5 Å². The number of ether oxygens (including phenoxy) is 1. The fourth-order valence-electron chi connectivity index (χ4n) is 2.32. The van der Waals surface area contributed by atoms with E-state index in [2.05, 4.69) is 24.4 Å². The topological polar surface area (TPSA) is 21.3 Å². The number of hydrogen-bond acceptors (Lipinski definition) is 2. The highest BCUT2D eigenvalue weighted by Gasteiger charge is 2.10. The van der Waals surface area contributed by atoms with Gasteiger partial charge in [-0.15, -0.1) is 0 Å². The first-order valence-electron chi connectivity index (χ1n) is 7.47. The first-order valence-corrected chi connectivity index (χ1v) is 7.85. The van der Waals surface area contributed by atoms with Crippen molar-refractivity contribution in [2.75, 3.05) is 13.2 Å². The Bertz CT molecular complexity index is 583. The Labute approximate surface area is 132 Å². The SMILES string of the molecule is CCCNCc1ccc(Cl)cc1-c1ccccc1OCC. The summed E-state index contributed by atoms with van der Waals surface area (Å²) in [4.78, 5) is 0. The largest absolute Gasteiger partial charge is 0.493 e. The summed E-state index contributed by atoms with van der Waals surface area (Å²) < 4.78 is 5.75. The molecule has 3 heteroatoms. The van der Waals surface area contributed by atoms with Gasteiger partial charge in [0.1, 0.15) is 5.75 Å². The van der Waals surface area contributed by atoms with E-state index in [4.69, 9.17) is 16.3 Å². The van der Waals surface area contributed by atoms with Gasteiger partial charge in [0.05, 0.1) is 6.61 Å². The van der Waals surface area contributed by atoms with E-state index in [1.54, 1.807) is 0 Å². The van der Waals surface area contributed by atoms with Gasteiger partial charge in [-0.3, -0.25) is 0 Å². The molecule has 0 aliphatic rings. The van der Waals surface area contributed by atoms with Gasteiger partial charge in [0.2, 0.25) is 0 Å². The minimum Gasteiger partial charge on any atom is -0.493 e. The minimum atomic E-state index is 0.654. The normalized spacial score (nSPS) is 10.6. The minimum absolute atomic E-state index is 0.654. The molecule has 0 atom stereocenters. The first-order chi connectivity index (χ1) is 10.3. The third kappa shape index (κ3) is 4.23. The summed E-state index contributed by atoms with van der Waals surface area (Å²) >= 11 is 6.20. The van der Waals surface area contributed by atoms with Crippen LogP contribution in [0, 0.1) is 0 Å². The highest BCUT2D eigenvalue weighted by molar-refractivity contribution is 6.30. The second-order valence-corrected chi connectivity index (χ2v) is 5.34. The number of halogens is 1. The van der Waals surface area contributed by atoms with Crippen molar-refractivity contribution in [3.63, 3.8) is 0 Å². The lowest BCUT2D eigenvalue weighted by molar-refractivity contribution is 0.341. The van der Waals surface area contributed by atoms with Crippen molar-refractivity contribution in [3.8, 4) is 16.9 Å². The van der Waals surface area contributed by atoms with Crippen LogP contribution in [-0.4, -0.2) is 13.2 Å². The molecule has 2 aromatic carbocycles. The fraction of sp³-hybridized carbons (Fsp3) is 0.333. The van der Waals surface area contributed by atoms with Gasteiger partial charge in [-0.25, -0.2) is 0 Å². The summed E-state index contributed by atoms with van der Waals surface area (Å²) in [7, 11) is 0. The van der Waals surface area contributed by atoms with E-state index in [1.807, 2.05) is 37.3 Å². The standard InChI is InChI=1S/C18H22ClNO/c1-3-11-20-13-14-9-10-15(19)12-17(14)16-7-5-6-8-18(16)21-4-2/h5-10,12,20H,3-4,11,13H2,1-2H3. The van der Waals surface area contributed by atoms with E-state index >= 15 is 0 Å². The van der Waals surface area contributed by atoms with Gasteiger partial charge in [-0.1, -0.05) is 42.8 Å². The highest BCUT2D eigenvalue weighted by atomic mass is 35.5. The van der Waals surface area contributed by atoms with Gasteiger partial charge in [0.15, 0.2) is 0 Å². The molecule has 1 N–H and O–H groups in total. The second-order valence-electron chi connectivity index (χ2n) is 4.91. The second kappa shape index (κ2) is 8.06. The van der Waals surface area contributed by atoms with E-state index in [0.717, 1.165) is 41.4 Å². The van der Waals surface area contributed by atoms with Gasteiger partial charge in [0.25, 0.3) is 0 Å². The molecular formula is C18H22ClNO. The molecule has 0 unspecified atom stereocenters. The number of nitrogens with one attached hydrogen (secondary N) is 1. The third-order valence-electron chi connectivity index (χ3n) is 3.29. The quantitative estimate of drug-likeness (QED) is 0.734. The Hall–Kier alpha value is -1.51. The molecular weight excluding hydrogens is 282 g/mol. The highest BCUT2D eigenvalue weighted by Crippen LogP contribution is 2.34. The average molecular weight is 304 g/mol. The van der Waals surface area contributed by atoms with E-state index in [0.29, 0.717) is 6.61 Å². The van der Waals surface area contributed by atoms with E-state index in [1.165, 1.54) is 5.56 Å². The van der Waals surface area contributed by atoms with Crippen LogP contribution >= 0.6 is 11.6 Å². The lowest BCUT2D eigenvalue weighted by Gasteiger charge is -2.15. The molecule has 2 rings (SSSR count). The summed E-state index contributed by atoms with van der Waals surface area (Å²) in [5, 5.41) is 4.19. The van der Waals surface area contributed by atoms with Crippen LogP contribution in [0.1, 0.15) is 25.8 Å². The zero-order chi connectivity index (χ0) is 15.1. The van der Waals surface area contributed by atoms with Crippen molar-refractivity contribution in [2.24, 2.45) is 0 Å². The van der Waals surface area contributed by atoms with Crippen molar-refractivity contribution in [3.05, 3.63) is 53.1 Å². The Kier molecular flexibility index (Phi) is 6.09. The number of para-hydroxylation sites is 1. The smallest absolute Gasteiger partial charge is 0.127 e. The Balaban J connectivity index is 2.39. The summed E-state index contributed by atoms with van der Waals surface area (Å²) in [6.45, 7) is 6.66. The van der Waals surface area contributed by atoms with Crippen molar-refractivity contribution < 1.29 is 4.74 Å². The molecule has 0 aliphatic carbocycles. The lowest BCUT2D eigenvalue weighted by Crippen LogP contribution is -2.14. The maximum absolute atomic E-state index is 6.20. The van der Waals surface area contributed by atoms with Crippen LogP contribution < -0.4 is 10.1 Å². The molecule has 21 heavy (non-hydrogen) atoms. The van der Waals surface area contributed by atoms with E-state index < -0.39 is 0 Å².